The molecule has 160 valence electrons. The van der Waals surface area contributed by atoms with Crippen LogP contribution in [0.1, 0.15) is 11.1 Å². The van der Waals surface area contributed by atoms with Gasteiger partial charge in [-0.05, 0) is 42.0 Å². The van der Waals surface area contributed by atoms with Gasteiger partial charge in [-0.15, -0.1) is 0 Å². The number of carbonyl (C=O) groups is 2. The van der Waals surface area contributed by atoms with Crippen LogP contribution in [0, 0.1) is 0 Å². The number of hydrogen-bond donors (Lipinski definition) is 1. The lowest BCUT2D eigenvalue weighted by Gasteiger charge is -2.28. The van der Waals surface area contributed by atoms with Gasteiger partial charge in [-0.1, -0.05) is 12.1 Å². The minimum atomic E-state index is -4.43. The first-order valence-corrected chi connectivity index (χ1v) is 9.35. The maximum absolute atomic E-state index is 12.5. The zero-order valence-corrected chi connectivity index (χ0v) is 16.1. The molecule has 0 atom stereocenters. The van der Waals surface area contributed by atoms with Gasteiger partial charge in [0.2, 0.25) is 0 Å². The molecule has 0 radical (unpaired) electrons. The van der Waals surface area contributed by atoms with Crippen molar-refractivity contribution in [2.24, 2.45) is 0 Å². The van der Waals surface area contributed by atoms with Crippen LogP contribution in [-0.4, -0.2) is 44.8 Å². The Morgan fingerprint density at radius 3 is 2.23 bits per heavy atom. The Hall–Kier alpha value is -3.07. The van der Waals surface area contributed by atoms with Gasteiger partial charge >= 0.3 is 12.1 Å². The molecule has 0 bridgehead atoms. The number of benzene rings is 2. The molecule has 2 aromatic carbocycles. The van der Waals surface area contributed by atoms with E-state index in [9.17, 15) is 22.8 Å². The molecule has 1 aliphatic heterocycles. The van der Waals surface area contributed by atoms with E-state index in [-0.39, 0.29) is 6.42 Å². The van der Waals surface area contributed by atoms with Crippen LogP contribution >= 0.6 is 0 Å². The summed E-state index contributed by atoms with van der Waals surface area (Å²) in [4.78, 5) is 26.0. The van der Waals surface area contributed by atoms with Crippen molar-refractivity contribution in [1.29, 1.82) is 0 Å². The maximum atomic E-state index is 12.5. The zero-order valence-electron chi connectivity index (χ0n) is 16.1. The molecule has 1 heterocycles. The third kappa shape index (κ3) is 6.21. The number of anilines is 2. The Balaban J connectivity index is 1.43. The van der Waals surface area contributed by atoms with Gasteiger partial charge < -0.3 is 19.7 Å². The normalized spacial score (nSPS) is 14.3. The average molecular weight is 422 g/mol. The molecule has 6 nitrogen and oxygen atoms in total. The number of nitrogens with one attached hydrogen (secondary N) is 1. The maximum Gasteiger partial charge on any atom is 0.416 e. The topological polar surface area (TPSA) is 67.9 Å². The van der Waals surface area contributed by atoms with Crippen LogP contribution in [0.15, 0.2) is 48.5 Å². The Morgan fingerprint density at radius 1 is 1.00 bits per heavy atom. The number of halogens is 3. The molecule has 30 heavy (non-hydrogen) atoms. The van der Waals surface area contributed by atoms with Crippen molar-refractivity contribution in [1.82, 2.24) is 0 Å². The third-order valence-corrected chi connectivity index (χ3v) is 4.52. The summed E-state index contributed by atoms with van der Waals surface area (Å²) in [6, 6.07) is 11.5. The summed E-state index contributed by atoms with van der Waals surface area (Å²) < 4.78 is 47.8. The summed E-state index contributed by atoms with van der Waals surface area (Å²) in [5.41, 5.74) is 1.17. The Kier molecular flexibility index (Phi) is 6.94. The minimum Gasteiger partial charge on any atom is -0.455 e. The molecule has 1 N–H and O–H groups in total. The lowest BCUT2D eigenvalue weighted by Crippen LogP contribution is -2.36. The van der Waals surface area contributed by atoms with Crippen LogP contribution in [0.25, 0.3) is 0 Å². The van der Waals surface area contributed by atoms with Gasteiger partial charge in [0.15, 0.2) is 6.61 Å². The number of amides is 1. The van der Waals surface area contributed by atoms with Gasteiger partial charge in [-0.25, -0.2) is 0 Å². The smallest absolute Gasteiger partial charge is 0.416 e. The summed E-state index contributed by atoms with van der Waals surface area (Å²) in [7, 11) is 0. The SMILES string of the molecule is O=C(COC(=O)Cc1ccc(C(F)(F)F)cc1)Nc1ccc(N2CCOCC2)cc1. The van der Waals surface area contributed by atoms with Gasteiger partial charge in [0.05, 0.1) is 25.2 Å². The number of morpholine rings is 1. The van der Waals surface area contributed by atoms with Gasteiger partial charge in [0.1, 0.15) is 0 Å². The number of rotatable bonds is 6. The highest BCUT2D eigenvalue weighted by Crippen LogP contribution is 2.29. The highest BCUT2D eigenvalue weighted by Gasteiger charge is 2.30. The number of nitrogens with zero attached hydrogens (tertiary/aromatic N) is 1. The van der Waals surface area contributed by atoms with Crippen molar-refractivity contribution < 1.29 is 32.2 Å². The number of alkyl halides is 3. The molecule has 9 heteroatoms. The first-order valence-electron chi connectivity index (χ1n) is 9.35. The van der Waals surface area contributed by atoms with Crippen molar-refractivity contribution in [2.75, 3.05) is 43.1 Å². The number of esters is 1. The number of hydrogen-bond acceptors (Lipinski definition) is 5. The zero-order chi connectivity index (χ0) is 21.6. The Labute approximate surface area is 171 Å². The summed E-state index contributed by atoms with van der Waals surface area (Å²) in [5.74, 6) is -1.21. The third-order valence-electron chi connectivity index (χ3n) is 4.52. The van der Waals surface area contributed by atoms with Crippen molar-refractivity contribution in [3.05, 3.63) is 59.7 Å². The van der Waals surface area contributed by atoms with Crippen LogP contribution < -0.4 is 10.2 Å². The predicted octanol–water partition coefficient (Wildman–Crippen LogP) is 3.27. The lowest BCUT2D eigenvalue weighted by atomic mass is 10.1. The van der Waals surface area contributed by atoms with Crippen molar-refractivity contribution in [3.8, 4) is 0 Å². The van der Waals surface area contributed by atoms with Crippen LogP contribution in [-0.2, 0) is 31.7 Å². The first-order chi connectivity index (χ1) is 14.3. The highest BCUT2D eigenvalue weighted by molar-refractivity contribution is 5.93. The molecular weight excluding hydrogens is 401 g/mol. The second kappa shape index (κ2) is 9.62. The van der Waals surface area contributed by atoms with E-state index in [1.165, 1.54) is 12.1 Å². The molecule has 0 unspecified atom stereocenters. The summed E-state index contributed by atoms with van der Waals surface area (Å²) >= 11 is 0. The number of ether oxygens (including phenoxy) is 2. The van der Waals surface area contributed by atoms with E-state index in [1.54, 1.807) is 12.1 Å². The summed E-state index contributed by atoms with van der Waals surface area (Å²) in [5, 5.41) is 2.63. The molecule has 2 aromatic rings. The van der Waals surface area contributed by atoms with E-state index in [0.717, 1.165) is 30.9 Å². The van der Waals surface area contributed by atoms with E-state index in [1.807, 2.05) is 12.1 Å². The van der Waals surface area contributed by atoms with E-state index < -0.39 is 30.2 Å². The molecule has 1 fully saturated rings. The predicted molar refractivity (Wildman–Crippen MR) is 104 cm³/mol. The average Bonchev–Trinajstić information content (AvgIpc) is 2.73. The largest absolute Gasteiger partial charge is 0.455 e. The molecule has 0 aromatic heterocycles. The molecule has 0 spiro atoms. The fourth-order valence-electron chi connectivity index (χ4n) is 2.95. The minimum absolute atomic E-state index is 0.223. The molecule has 1 amide bonds. The fraction of sp³-hybridized carbons (Fsp3) is 0.333. The summed E-state index contributed by atoms with van der Waals surface area (Å²) in [6.45, 7) is 2.48. The second-order valence-electron chi connectivity index (χ2n) is 6.73. The van der Waals surface area contributed by atoms with Gasteiger partial charge in [0.25, 0.3) is 5.91 Å². The quantitative estimate of drug-likeness (QED) is 0.724. The molecule has 3 rings (SSSR count). The molecule has 0 aliphatic carbocycles. The van der Waals surface area contributed by atoms with E-state index in [0.29, 0.717) is 24.5 Å². The Morgan fingerprint density at radius 2 is 1.63 bits per heavy atom. The van der Waals surface area contributed by atoms with Crippen LogP contribution in [0.3, 0.4) is 0 Å². The van der Waals surface area contributed by atoms with Gasteiger partial charge in [-0.3, -0.25) is 9.59 Å². The Bertz CT molecular complexity index is 861. The first kappa shape index (κ1) is 21.6. The molecule has 1 aliphatic rings. The molecule has 1 saturated heterocycles. The van der Waals surface area contributed by atoms with E-state index >= 15 is 0 Å². The fourth-order valence-corrected chi connectivity index (χ4v) is 2.95. The second-order valence-corrected chi connectivity index (χ2v) is 6.73. The monoisotopic (exact) mass is 422 g/mol. The van der Waals surface area contributed by atoms with Gasteiger partial charge in [0, 0.05) is 24.5 Å². The van der Waals surface area contributed by atoms with Crippen molar-refractivity contribution in [3.63, 3.8) is 0 Å². The van der Waals surface area contributed by atoms with Gasteiger partial charge in [-0.2, -0.15) is 13.2 Å². The van der Waals surface area contributed by atoms with Crippen LogP contribution in [0.2, 0.25) is 0 Å². The summed E-state index contributed by atoms with van der Waals surface area (Å²) in [6.07, 6.45) is -4.66. The lowest BCUT2D eigenvalue weighted by molar-refractivity contribution is -0.146. The van der Waals surface area contributed by atoms with E-state index in [2.05, 4.69) is 10.2 Å². The molecular formula is C21H21F3N2O4. The van der Waals surface area contributed by atoms with Crippen molar-refractivity contribution >= 4 is 23.3 Å². The highest BCUT2D eigenvalue weighted by atomic mass is 19.4. The molecule has 0 saturated carbocycles. The van der Waals surface area contributed by atoms with Crippen LogP contribution in [0.5, 0.6) is 0 Å². The number of carbonyl (C=O) groups excluding carboxylic acids is 2. The van der Waals surface area contributed by atoms with Crippen molar-refractivity contribution in [2.45, 2.75) is 12.6 Å². The van der Waals surface area contributed by atoms with E-state index in [4.69, 9.17) is 9.47 Å². The van der Waals surface area contributed by atoms with Crippen LogP contribution in [0.4, 0.5) is 24.5 Å². The standard InChI is InChI=1S/C21H21F3N2O4/c22-21(23,24)16-3-1-15(2-4-16)13-20(28)30-14-19(27)25-17-5-7-18(8-6-17)26-9-11-29-12-10-26/h1-8H,9-14H2,(H,25,27).